The predicted octanol–water partition coefficient (Wildman–Crippen LogP) is 7.00. The number of alkyl halides is 3. The van der Waals surface area contributed by atoms with E-state index in [0.717, 1.165) is 23.0 Å². The third-order valence-corrected chi connectivity index (χ3v) is 7.53. The molecule has 4 aromatic heterocycles. The molecule has 1 aromatic carbocycles. The van der Waals surface area contributed by atoms with E-state index in [9.17, 15) is 18.0 Å². The van der Waals surface area contributed by atoms with Crippen molar-refractivity contribution in [3.05, 3.63) is 69.7 Å². The molecular weight excluding hydrogens is 489 g/mol. The van der Waals surface area contributed by atoms with Crippen LogP contribution in [0.15, 0.2) is 59.3 Å². The van der Waals surface area contributed by atoms with E-state index in [0.29, 0.717) is 15.7 Å². The van der Waals surface area contributed by atoms with E-state index in [1.165, 1.54) is 22.7 Å². The molecule has 0 saturated heterocycles. The highest BCUT2D eigenvalue weighted by Crippen LogP contribution is 2.44. The molecule has 5 nitrogen and oxygen atoms in total. The number of fused-ring (bicyclic) bond motifs is 1. The van der Waals surface area contributed by atoms with Gasteiger partial charge in [-0.05, 0) is 17.5 Å². The fraction of sp³-hybridized carbons (Fsp3) is 0.0455. The largest absolute Gasteiger partial charge is 0.417 e. The number of hydrogen-bond acceptors (Lipinski definition) is 7. The summed E-state index contributed by atoms with van der Waals surface area (Å²) >= 11 is 3.33. The van der Waals surface area contributed by atoms with Crippen molar-refractivity contribution in [3.8, 4) is 21.8 Å². The van der Waals surface area contributed by atoms with Crippen molar-refractivity contribution in [2.75, 3.05) is 11.1 Å². The Bertz CT molecular complexity index is 1460. The molecule has 5 aromatic rings. The maximum Gasteiger partial charge on any atom is 0.417 e. The van der Waals surface area contributed by atoms with E-state index < -0.39 is 17.6 Å². The van der Waals surface area contributed by atoms with E-state index in [1.54, 1.807) is 22.9 Å². The first-order valence-corrected chi connectivity index (χ1v) is 12.0. The van der Waals surface area contributed by atoms with Gasteiger partial charge < -0.3 is 5.73 Å². The van der Waals surface area contributed by atoms with E-state index in [1.807, 2.05) is 30.3 Å². The quantitative estimate of drug-likeness (QED) is 0.277. The zero-order chi connectivity index (χ0) is 23.2. The van der Waals surface area contributed by atoms with Crippen LogP contribution in [-0.4, -0.2) is 15.9 Å². The number of thiophene rings is 2. The van der Waals surface area contributed by atoms with Crippen molar-refractivity contribution in [3.63, 3.8) is 0 Å². The number of benzene rings is 1. The van der Waals surface area contributed by atoms with Crippen LogP contribution in [0.4, 0.5) is 24.0 Å². The second-order valence-corrected chi connectivity index (χ2v) is 9.72. The minimum absolute atomic E-state index is 0.0391. The number of aromatic nitrogens is 2. The van der Waals surface area contributed by atoms with Gasteiger partial charge in [0.1, 0.15) is 9.71 Å². The minimum atomic E-state index is -4.66. The molecule has 0 aliphatic carbocycles. The first-order valence-electron chi connectivity index (χ1n) is 9.47. The van der Waals surface area contributed by atoms with Gasteiger partial charge in [-0.2, -0.15) is 13.2 Å². The standard InChI is InChI=1S/C22H13F3N4OS3/c23-22(24,25)12-9-13(15-7-4-8-31-15)27-20-16(12)17(26)18(33-20)19(30)29-21-28-14(10-32-21)11-5-2-1-3-6-11/h1-10H,26H2,(H,28,29,30). The fourth-order valence-corrected chi connectivity index (χ4v) is 5.71. The average Bonchev–Trinajstić information content (AvgIpc) is 3.54. The van der Waals surface area contributed by atoms with Gasteiger partial charge in [-0.3, -0.25) is 10.1 Å². The van der Waals surface area contributed by atoms with Crippen LogP contribution in [0.5, 0.6) is 0 Å². The number of carbonyl (C=O) groups is 1. The number of pyridine rings is 1. The number of nitrogen functional groups attached to an aromatic ring is 1. The lowest BCUT2D eigenvalue weighted by Gasteiger charge is -2.10. The fourth-order valence-electron chi connectivity index (χ4n) is 3.29. The first kappa shape index (κ1) is 21.6. The summed E-state index contributed by atoms with van der Waals surface area (Å²) in [6, 6.07) is 13.8. The number of anilines is 2. The van der Waals surface area contributed by atoms with E-state index >= 15 is 0 Å². The molecule has 0 unspecified atom stereocenters. The number of halogens is 3. The zero-order valence-electron chi connectivity index (χ0n) is 16.5. The van der Waals surface area contributed by atoms with Gasteiger partial charge in [-0.25, -0.2) is 9.97 Å². The Morgan fingerprint density at radius 3 is 2.48 bits per heavy atom. The van der Waals surface area contributed by atoms with Gasteiger partial charge in [0.2, 0.25) is 0 Å². The van der Waals surface area contributed by atoms with Gasteiger partial charge in [-0.1, -0.05) is 36.4 Å². The molecule has 11 heteroatoms. The van der Waals surface area contributed by atoms with Crippen LogP contribution in [0, 0.1) is 0 Å². The number of amides is 1. The highest BCUT2D eigenvalue weighted by atomic mass is 32.1. The Kier molecular flexibility index (Phi) is 5.39. The van der Waals surface area contributed by atoms with Crippen LogP contribution in [0.1, 0.15) is 15.2 Å². The molecule has 33 heavy (non-hydrogen) atoms. The van der Waals surface area contributed by atoms with Crippen LogP contribution in [0.25, 0.3) is 32.0 Å². The molecule has 5 rings (SSSR count). The number of nitrogens with zero attached hydrogens (tertiary/aromatic N) is 2. The Labute approximate surface area is 197 Å². The number of rotatable bonds is 4. The summed E-state index contributed by atoms with van der Waals surface area (Å²) < 4.78 is 41.6. The summed E-state index contributed by atoms with van der Waals surface area (Å²) in [5.41, 5.74) is 6.65. The van der Waals surface area contributed by atoms with Crippen molar-refractivity contribution in [2.24, 2.45) is 0 Å². The maximum absolute atomic E-state index is 13.9. The molecule has 0 aliphatic heterocycles. The van der Waals surface area contributed by atoms with Gasteiger partial charge in [0.05, 0.1) is 27.5 Å². The normalized spacial score (nSPS) is 11.7. The molecule has 0 radical (unpaired) electrons. The number of hydrogen-bond donors (Lipinski definition) is 2. The highest BCUT2D eigenvalue weighted by Gasteiger charge is 2.36. The van der Waals surface area contributed by atoms with E-state index in [2.05, 4.69) is 15.3 Å². The smallest absolute Gasteiger partial charge is 0.397 e. The van der Waals surface area contributed by atoms with Crippen LogP contribution >= 0.6 is 34.0 Å². The summed E-state index contributed by atoms with van der Waals surface area (Å²) in [4.78, 5) is 22.3. The molecule has 0 aliphatic rings. The molecule has 0 saturated carbocycles. The van der Waals surface area contributed by atoms with Crippen molar-refractivity contribution in [1.82, 2.24) is 9.97 Å². The molecule has 166 valence electrons. The predicted molar refractivity (Wildman–Crippen MR) is 128 cm³/mol. The summed E-state index contributed by atoms with van der Waals surface area (Å²) in [6.07, 6.45) is -4.66. The zero-order valence-corrected chi connectivity index (χ0v) is 19.0. The Morgan fingerprint density at radius 2 is 1.79 bits per heavy atom. The van der Waals surface area contributed by atoms with Crippen LogP contribution in [0.3, 0.4) is 0 Å². The van der Waals surface area contributed by atoms with Gasteiger partial charge >= 0.3 is 6.18 Å². The van der Waals surface area contributed by atoms with Gasteiger partial charge in [0, 0.05) is 16.3 Å². The third kappa shape index (κ3) is 4.10. The topological polar surface area (TPSA) is 80.9 Å². The van der Waals surface area contributed by atoms with Crippen molar-refractivity contribution < 1.29 is 18.0 Å². The average molecular weight is 503 g/mol. The highest BCUT2D eigenvalue weighted by molar-refractivity contribution is 7.21. The summed E-state index contributed by atoms with van der Waals surface area (Å²) in [5.74, 6) is -0.629. The number of carbonyl (C=O) groups excluding carboxylic acids is 1. The van der Waals surface area contributed by atoms with E-state index in [-0.39, 0.29) is 26.5 Å². The number of nitrogens with one attached hydrogen (secondary N) is 1. The lowest BCUT2D eigenvalue weighted by atomic mass is 10.1. The molecule has 4 heterocycles. The summed E-state index contributed by atoms with van der Waals surface area (Å²) in [6.45, 7) is 0. The number of thiazole rings is 1. The Balaban J connectivity index is 1.53. The van der Waals surface area contributed by atoms with Crippen molar-refractivity contribution in [2.45, 2.75) is 6.18 Å². The van der Waals surface area contributed by atoms with Crippen LogP contribution in [0.2, 0.25) is 0 Å². The molecule has 0 bridgehead atoms. The van der Waals surface area contributed by atoms with E-state index in [4.69, 9.17) is 5.73 Å². The maximum atomic E-state index is 13.9. The monoisotopic (exact) mass is 502 g/mol. The lowest BCUT2D eigenvalue weighted by molar-refractivity contribution is -0.136. The molecule has 0 spiro atoms. The molecule has 3 N–H and O–H groups in total. The minimum Gasteiger partial charge on any atom is -0.397 e. The number of nitrogens with two attached hydrogens (primary N) is 1. The van der Waals surface area contributed by atoms with Crippen molar-refractivity contribution in [1.29, 1.82) is 0 Å². The molecule has 0 atom stereocenters. The van der Waals surface area contributed by atoms with Gasteiger partial charge in [0.25, 0.3) is 5.91 Å². The first-order chi connectivity index (χ1) is 15.8. The van der Waals surface area contributed by atoms with Gasteiger partial charge in [-0.15, -0.1) is 34.0 Å². The summed E-state index contributed by atoms with van der Waals surface area (Å²) in [7, 11) is 0. The second-order valence-electron chi connectivity index (χ2n) is 6.91. The SMILES string of the molecule is Nc1c(C(=O)Nc2nc(-c3ccccc3)cs2)sc2nc(-c3cccs3)cc(C(F)(F)F)c12. The summed E-state index contributed by atoms with van der Waals surface area (Å²) in [5, 5.41) is 6.24. The Hall–Kier alpha value is -3.28. The Morgan fingerprint density at radius 1 is 1.00 bits per heavy atom. The van der Waals surface area contributed by atoms with Gasteiger partial charge in [0.15, 0.2) is 5.13 Å². The third-order valence-electron chi connectivity index (χ3n) is 4.78. The second kappa shape index (κ2) is 8.25. The van der Waals surface area contributed by atoms with Crippen LogP contribution < -0.4 is 11.1 Å². The molecular formula is C22H13F3N4OS3. The lowest BCUT2D eigenvalue weighted by Crippen LogP contribution is -2.12. The van der Waals surface area contributed by atoms with Crippen molar-refractivity contribution >= 4 is 61.0 Å². The molecule has 0 fully saturated rings. The molecule has 1 amide bonds. The van der Waals surface area contributed by atoms with Crippen LogP contribution in [-0.2, 0) is 6.18 Å².